The van der Waals surface area contributed by atoms with Gasteiger partial charge in [-0.15, -0.1) is 24.0 Å². The standard InChI is InChI=1S/C19H26F2N6.HI/c1-22-19(23-9-4-5-14-11-24-26(2)12-14)25-15-8-10-27(13-15)18-16(20)6-3-7-17(18)21;/h3,6-7,11-12,15H,4-5,8-10,13H2,1-2H3,(H2,22,23,25);1H. The van der Waals surface area contributed by atoms with Crippen molar-refractivity contribution in [1.29, 1.82) is 0 Å². The number of halogens is 3. The van der Waals surface area contributed by atoms with Crippen LogP contribution in [0.4, 0.5) is 14.5 Å². The van der Waals surface area contributed by atoms with Crippen LogP contribution < -0.4 is 15.5 Å². The van der Waals surface area contributed by atoms with E-state index < -0.39 is 11.6 Å². The quantitative estimate of drug-likeness (QED) is 0.275. The maximum absolute atomic E-state index is 14.0. The summed E-state index contributed by atoms with van der Waals surface area (Å²) in [5.41, 5.74) is 1.27. The van der Waals surface area contributed by atoms with Crippen molar-refractivity contribution in [2.75, 3.05) is 31.6 Å². The second-order valence-electron chi connectivity index (χ2n) is 6.77. The van der Waals surface area contributed by atoms with Gasteiger partial charge in [-0.25, -0.2) is 8.78 Å². The lowest BCUT2D eigenvalue weighted by molar-refractivity contribution is 0.575. The van der Waals surface area contributed by atoms with Gasteiger partial charge < -0.3 is 15.5 Å². The van der Waals surface area contributed by atoms with E-state index in [4.69, 9.17) is 0 Å². The van der Waals surface area contributed by atoms with E-state index in [2.05, 4.69) is 20.7 Å². The number of hydrogen-bond donors (Lipinski definition) is 2. The number of aryl methyl sites for hydroxylation is 2. The summed E-state index contributed by atoms with van der Waals surface area (Å²) in [6, 6.07) is 4.06. The van der Waals surface area contributed by atoms with Crippen molar-refractivity contribution >= 4 is 35.6 Å². The van der Waals surface area contributed by atoms with E-state index in [1.807, 2.05) is 19.4 Å². The molecular weight excluding hydrogens is 477 g/mol. The number of para-hydroxylation sites is 1. The van der Waals surface area contributed by atoms with E-state index in [9.17, 15) is 8.78 Å². The van der Waals surface area contributed by atoms with Gasteiger partial charge in [0.1, 0.15) is 17.3 Å². The number of aromatic nitrogens is 2. The first-order valence-electron chi connectivity index (χ1n) is 9.20. The van der Waals surface area contributed by atoms with Gasteiger partial charge in [0.2, 0.25) is 0 Å². The largest absolute Gasteiger partial charge is 0.365 e. The van der Waals surface area contributed by atoms with Gasteiger partial charge in [-0.2, -0.15) is 5.10 Å². The molecule has 154 valence electrons. The fourth-order valence-corrected chi connectivity index (χ4v) is 3.36. The minimum atomic E-state index is -0.520. The lowest BCUT2D eigenvalue weighted by Crippen LogP contribution is -2.45. The third-order valence-electron chi connectivity index (χ3n) is 4.70. The summed E-state index contributed by atoms with van der Waals surface area (Å²) in [4.78, 5) is 5.99. The first-order chi connectivity index (χ1) is 13.1. The molecule has 1 saturated heterocycles. The molecule has 2 aromatic rings. The summed E-state index contributed by atoms with van der Waals surface area (Å²) < 4.78 is 29.7. The molecule has 2 heterocycles. The Morgan fingerprint density at radius 2 is 2.07 bits per heavy atom. The number of guanidine groups is 1. The van der Waals surface area contributed by atoms with Crippen LogP contribution in [0.25, 0.3) is 0 Å². The maximum atomic E-state index is 14.0. The smallest absolute Gasteiger partial charge is 0.191 e. The third-order valence-corrected chi connectivity index (χ3v) is 4.70. The summed E-state index contributed by atoms with van der Waals surface area (Å²) >= 11 is 0. The Morgan fingerprint density at radius 3 is 2.71 bits per heavy atom. The zero-order valence-electron chi connectivity index (χ0n) is 16.2. The second kappa shape index (κ2) is 10.6. The number of aliphatic imine (C=N–C) groups is 1. The molecule has 1 aromatic carbocycles. The van der Waals surface area contributed by atoms with Crippen LogP contribution >= 0.6 is 24.0 Å². The van der Waals surface area contributed by atoms with Crippen LogP contribution in [0.1, 0.15) is 18.4 Å². The van der Waals surface area contributed by atoms with Gasteiger partial charge in [0.05, 0.1) is 6.20 Å². The van der Waals surface area contributed by atoms with Crippen LogP contribution in [0.2, 0.25) is 0 Å². The zero-order chi connectivity index (χ0) is 19.2. The van der Waals surface area contributed by atoms with Crippen LogP contribution in [0.3, 0.4) is 0 Å². The Bertz CT molecular complexity index is 774. The van der Waals surface area contributed by atoms with E-state index in [1.165, 1.54) is 23.8 Å². The summed E-state index contributed by atoms with van der Waals surface area (Å²) in [7, 11) is 3.63. The second-order valence-corrected chi connectivity index (χ2v) is 6.77. The number of hydrogen-bond acceptors (Lipinski definition) is 3. The Hall–Kier alpha value is -1.91. The molecule has 1 unspecified atom stereocenters. The molecule has 28 heavy (non-hydrogen) atoms. The molecule has 1 atom stereocenters. The van der Waals surface area contributed by atoms with Gasteiger partial charge in [0.15, 0.2) is 5.96 Å². The van der Waals surface area contributed by atoms with Gasteiger partial charge >= 0.3 is 0 Å². The fourth-order valence-electron chi connectivity index (χ4n) is 3.36. The highest BCUT2D eigenvalue weighted by Gasteiger charge is 2.27. The Morgan fingerprint density at radius 1 is 1.32 bits per heavy atom. The molecule has 2 N–H and O–H groups in total. The average molecular weight is 504 g/mol. The van der Waals surface area contributed by atoms with Gasteiger partial charge in [0.25, 0.3) is 0 Å². The van der Waals surface area contributed by atoms with Gasteiger partial charge in [0, 0.05) is 46.0 Å². The molecule has 9 heteroatoms. The number of anilines is 1. The summed E-state index contributed by atoms with van der Waals surface area (Å²) in [5, 5.41) is 10.8. The van der Waals surface area contributed by atoms with Crippen molar-refractivity contribution in [2.45, 2.75) is 25.3 Å². The number of nitrogens with one attached hydrogen (secondary N) is 2. The predicted octanol–water partition coefficient (Wildman–Crippen LogP) is 2.69. The van der Waals surface area contributed by atoms with Crippen molar-refractivity contribution < 1.29 is 8.78 Å². The van der Waals surface area contributed by atoms with Crippen LogP contribution in [0.5, 0.6) is 0 Å². The molecule has 6 nitrogen and oxygen atoms in total. The lowest BCUT2D eigenvalue weighted by Gasteiger charge is -2.21. The number of rotatable bonds is 6. The molecule has 0 saturated carbocycles. The third kappa shape index (κ3) is 5.79. The van der Waals surface area contributed by atoms with Crippen molar-refractivity contribution in [3.63, 3.8) is 0 Å². The average Bonchev–Trinajstić information content (AvgIpc) is 3.26. The van der Waals surface area contributed by atoms with Gasteiger partial charge in [-0.05, 0) is 37.0 Å². The zero-order valence-corrected chi connectivity index (χ0v) is 18.5. The van der Waals surface area contributed by atoms with Crippen LogP contribution in [-0.4, -0.2) is 48.5 Å². The normalized spacial score (nSPS) is 16.8. The highest BCUT2D eigenvalue weighted by Crippen LogP contribution is 2.26. The summed E-state index contributed by atoms with van der Waals surface area (Å²) in [5.74, 6) is -0.329. The molecule has 0 spiro atoms. The van der Waals surface area contributed by atoms with E-state index in [-0.39, 0.29) is 35.7 Å². The van der Waals surface area contributed by atoms with Crippen molar-refractivity contribution in [1.82, 2.24) is 20.4 Å². The topological polar surface area (TPSA) is 57.5 Å². The number of nitrogens with zero attached hydrogens (tertiary/aromatic N) is 4. The SMILES string of the molecule is CN=C(NCCCc1cnn(C)c1)NC1CCN(c2c(F)cccc2F)C1.I. The van der Waals surface area contributed by atoms with Crippen LogP contribution in [0.15, 0.2) is 35.6 Å². The molecule has 1 aromatic heterocycles. The summed E-state index contributed by atoms with van der Waals surface area (Å²) in [6.07, 6.45) is 6.60. The predicted molar refractivity (Wildman–Crippen MR) is 118 cm³/mol. The molecular formula is C19H27F2IN6. The first-order valence-corrected chi connectivity index (χ1v) is 9.20. The van der Waals surface area contributed by atoms with E-state index in [1.54, 1.807) is 16.6 Å². The maximum Gasteiger partial charge on any atom is 0.191 e. The Kier molecular flexibility index (Phi) is 8.46. The van der Waals surface area contributed by atoms with E-state index in [0.29, 0.717) is 19.0 Å². The Balaban J connectivity index is 0.00000280. The summed E-state index contributed by atoms with van der Waals surface area (Å²) in [6.45, 7) is 1.93. The highest BCUT2D eigenvalue weighted by atomic mass is 127. The molecule has 0 aliphatic carbocycles. The van der Waals surface area contributed by atoms with Crippen molar-refractivity contribution in [2.24, 2.45) is 12.0 Å². The molecule has 3 rings (SSSR count). The van der Waals surface area contributed by atoms with Gasteiger partial charge in [-0.3, -0.25) is 9.67 Å². The fraction of sp³-hybridized carbons (Fsp3) is 0.474. The van der Waals surface area contributed by atoms with E-state index in [0.717, 1.165) is 25.8 Å². The highest BCUT2D eigenvalue weighted by molar-refractivity contribution is 14.0. The molecule has 1 aliphatic rings. The van der Waals surface area contributed by atoms with Crippen molar-refractivity contribution in [3.05, 3.63) is 47.8 Å². The molecule has 1 fully saturated rings. The minimum absolute atomic E-state index is 0. The lowest BCUT2D eigenvalue weighted by atomic mass is 10.2. The monoisotopic (exact) mass is 504 g/mol. The first kappa shape index (κ1) is 22.4. The van der Waals surface area contributed by atoms with Crippen molar-refractivity contribution in [3.8, 4) is 0 Å². The van der Waals surface area contributed by atoms with Crippen LogP contribution in [-0.2, 0) is 13.5 Å². The molecule has 1 aliphatic heterocycles. The Labute approximate surface area is 181 Å². The molecule has 0 radical (unpaired) electrons. The molecule has 0 bridgehead atoms. The molecule has 0 amide bonds. The van der Waals surface area contributed by atoms with Crippen LogP contribution in [0, 0.1) is 11.6 Å². The minimum Gasteiger partial charge on any atom is -0.365 e. The van der Waals surface area contributed by atoms with E-state index >= 15 is 0 Å². The number of benzene rings is 1. The van der Waals surface area contributed by atoms with Gasteiger partial charge in [-0.1, -0.05) is 6.07 Å².